The Labute approximate surface area is 113 Å². The van der Waals surface area contributed by atoms with Crippen LogP contribution in [0.2, 0.25) is 0 Å². The highest BCUT2D eigenvalue weighted by atomic mass is 16.3. The molecule has 1 amide bonds. The number of hydrogen-bond acceptors (Lipinski definition) is 7. The zero-order chi connectivity index (χ0) is 14.5. The van der Waals surface area contributed by atoms with Crippen LogP contribution in [0, 0.1) is 0 Å². The Morgan fingerprint density at radius 2 is 1.75 bits per heavy atom. The molecule has 0 aliphatic carbocycles. The summed E-state index contributed by atoms with van der Waals surface area (Å²) in [6, 6.07) is 2.01. The summed E-state index contributed by atoms with van der Waals surface area (Å²) in [6.45, 7) is 0. The minimum absolute atomic E-state index is 0.0562. The average molecular weight is 274 g/mol. The fourth-order valence-corrected chi connectivity index (χ4v) is 1.34. The SMILES string of the molecule is O=C(N/N=C/c1cncnc1)c1cc(O)c(O)c(O)c1. The van der Waals surface area contributed by atoms with Crippen LogP contribution in [0.1, 0.15) is 15.9 Å². The third kappa shape index (κ3) is 2.99. The molecule has 2 aromatic rings. The number of rotatable bonds is 3. The van der Waals surface area contributed by atoms with Gasteiger partial charge in [-0.15, -0.1) is 0 Å². The highest BCUT2D eigenvalue weighted by molar-refractivity contribution is 5.96. The third-order valence-corrected chi connectivity index (χ3v) is 2.29. The number of benzene rings is 1. The molecule has 102 valence electrons. The maximum absolute atomic E-state index is 11.7. The summed E-state index contributed by atoms with van der Waals surface area (Å²) in [5.74, 6) is -2.55. The van der Waals surface area contributed by atoms with Crippen molar-refractivity contribution < 1.29 is 20.1 Å². The summed E-state index contributed by atoms with van der Waals surface area (Å²) < 4.78 is 0. The highest BCUT2D eigenvalue weighted by Crippen LogP contribution is 2.35. The Morgan fingerprint density at radius 1 is 1.15 bits per heavy atom. The van der Waals surface area contributed by atoms with E-state index in [0.717, 1.165) is 12.1 Å². The van der Waals surface area contributed by atoms with Crippen molar-refractivity contribution in [3.8, 4) is 17.2 Å². The molecule has 1 heterocycles. The minimum atomic E-state index is -0.688. The van der Waals surface area contributed by atoms with Gasteiger partial charge in [-0.2, -0.15) is 5.10 Å². The van der Waals surface area contributed by atoms with Crippen LogP contribution in [0.4, 0.5) is 0 Å². The molecule has 20 heavy (non-hydrogen) atoms. The molecule has 0 unspecified atom stereocenters. The maximum atomic E-state index is 11.7. The second-order valence-electron chi connectivity index (χ2n) is 3.73. The molecular formula is C12H10N4O4. The lowest BCUT2D eigenvalue weighted by Crippen LogP contribution is -2.17. The number of nitrogens with one attached hydrogen (secondary N) is 1. The van der Waals surface area contributed by atoms with E-state index in [9.17, 15) is 15.0 Å². The number of aromatic hydroxyl groups is 3. The summed E-state index contributed by atoms with van der Waals surface area (Å²) in [4.78, 5) is 19.2. The number of carbonyl (C=O) groups is 1. The van der Waals surface area contributed by atoms with E-state index in [2.05, 4.69) is 20.5 Å². The molecule has 4 N–H and O–H groups in total. The van der Waals surface area contributed by atoms with Crippen molar-refractivity contribution >= 4 is 12.1 Å². The Hall–Kier alpha value is -3.16. The van der Waals surface area contributed by atoms with Crippen molar-refractivity contribution in [1.82, 2.24) is 15.4 Å². The zero-order valence-electron chi connectivity index (χ0n) is 10.1. The highest BCUT2D eigenvalue weighted by Gasteiger charge is 2.12. The third-order valence-electron chi connectivity index (χ3n) is 2.29. The van der Waals surface area contributed by atoms with Gasteiger partial charge in [0.05, 0.1) is 6.21 Å². The summed E-state index contributed by atoms with van der Waals surface area (Å²) in [6.07, 6.45) is 5.69. The summed E-state index contributed by atoms with van der Waals surface area (Å²) in [5, 5.41) is 31.4. The molecule has 0 spiro atoms. The van der Waals surface area contributed by atoms with E-state index < -0.39 is 23.2 Å². The molecule has 0 atom stereocenters. The lowest BCUT2D eigenvalue weighted by Gasteiger charge is -2.04. The minimum Gasteiger partial charge on any atom is -0.504 e. The standard InChI is InChI=1S/C12H10N4O4/c17-9-1-8(2-10(18)11(9)19)12(20)16-15-5-7-3-13-6-14-4-7/h1-6,17-19H,(H,16,20)/b15-5+. The second kappa shape index (κ2) is 5.65. The van der Waals surface area contributed by atoms with Crippen LogP contribution >= 0.6 is 0 Å². The first-order valence-electron chi connectivity index (χ1n) is 5.41. The number of carbonyl (C=O) groups excluding carboxylic acids is 1. The van der Waals surface area contributed by atoms with Crippen molar-refractivity contribution in [2.45, 2.75) is 0 Å². The first-order valence-corrected chi connectivity index (χ1v) is 5.41. The Balaban J connectivity index is 2.08. The van der Waals surface area contributed by atoms with Gasteiger partial charge in [-0.3, -0.25) is 4.79 Å². The van der Waals surface area contributed by atoms with Gasteiger partial charge in [0.15, 0.2) is 17.2 Å². The van der Waals surface area contributed by atoms with E-state index in [1.165, 1.54) is 24.9 Å². The summed E-state index contributed by atoms with van der Waals surface area (Å²) in [5.41, 5.74) is 2.72. The van der Waals surface area contributed by atoms with Crippen LogP contribution in [0.15, 0.2) is 36.0 Å². The lowest BCUT2D eigenvalue weighted by molar-refractivity contribution is 0.0954. The molecule has 0 aliphatic heterocycles. The van der Waals surface area contributed by atoms with E-state index in [-0.39, 0.29) is 5.56 Å². The zero-order valence-corrected chi connectivity index (χ0v) is 10.1. The van der Waals surface area contributed by atoms with E-state index >= 15 is 0 Å². The van der Waals surface area contributed by atoms with Gasteiger partial charge >= 0.3 is 0 Å². The molecule has 8 nitrogen and oxygen atoms in total. The fourth-order valence-electron chi connectivity index (χ4n) is 1.34. The van der Waals surface area contributed by atoms with Crippen LogP contribution in [0.25, 0.3) is 0 Å². The van der Waals surface area contributed by atoms with Gasteiger partial charge in [0.25, 0.3) is 5.91 Å². The topological polar surface area (TPSA) is 128 Å². The van der Waals surface area contributed by atoms with E-state index in [0.29, 0.717) is 5.56 Å². The van der Waals surface area contributed by atoms with Crippen molar-refractivity contribution in [1.29, 1.82) is 0 Å². The average Bonchev–Trinajstić information content (AvgIpc) is 2.45. The second-order valence-corrected chi connectivity index (χ2v) is 3.73. The van der Waals surface area contributed by atoms with E-state index in [1.807, 2.05) is 0 Å². The van der Waals surface area contributed by atoms with Crippen LogP contribution in [-0.4, -0.2) is 37.4 Å². The molecule has 0 saturated carbocycles. The molecule has 1 aromatic carbocycles. The first-order chi connectivity index (χ1) is 9.58. The summed E-state index contributed by atoms with van der Waals surface area (Å²) in [7, 11) is 0. The van der Waals surface area contributed by atoms with E-state index in [1.54, 1.807) is 0 Å². The van der Waals surface area contributed by atoms with E-state index in [4.69, 9.17) is 5.11 Å². The predicted molar refractivity (Wildman–Crippen MR) is 68.5 cm³/mol. The largest absolute Gasteiger partial charge is 0.504 e. The summed E-state index contributed by atoms with van der Waals surface area (Å²) >= 11 is 0. The quantitative estimate of drug-likeness (QED) is 0.363. The monoisotopic (exact) mass is 274 g/mol. The van der Waals surface area contributed by atoms with Gasteiger partial charge in [0.2, 0.25) is 0 Å². The normalized spacial score (nSPS) is 10.6. The predicted octanol–water partition coefficient (Wildman–Crippen LogP) is 0.357. The van der Waals surface area contributed by atoms with Gasteiger partial charge in [-0.1, -0.05) is 0 Å². The maximum Gasteiger partial charge on any atom is 0.271 e. The van der Waals surface area contributed by atoms with Crippen molar-refractivity contribution in [2.24, 2.45) is 5.10 Å². The molecule has 0 radical (unpaired) electrons. The number of phenols is 3. The smallest absolute Gasteiger partial charge is 0.271 e. The molecule has 1 aromatic heterocycles. The number of phenolic OH excluding ortho intramolecular Hbond substituents is 3. The Bertz CT molecular complexity index is 635. The van der Waals surface area contributed by atoms with Crippen molar-refractivity contribution in [3.05, 3.63) is 42.0 Å². The van der Waals surface area contributed by atoms with Crippen LogP contribution in [0.5, 0.6) is 17.2 Å². The van der Waals surface area contributed by atoms with Crippen LogP contribution in [-0.2, 0) is 0 Å². The molecule has 0 saturated heterocycles. The number of nitrogens with zero attached hydrogens (tertiary/aromatic N) is 3. The van der Waals surface area contributed by atoms with Gasteiger partial charge < -0.3 is 15.3 Å². The molecule has 2 rings (SSSR count). The molecular weight excluding hydrogens is 264 g/mol. The van der Waals surface area contributed by atoms with Gasteiger partial charge in [-0.25, -0.2) is 15.4 Å². The molecule has 0 bridgehead atoms. The first kappa shape index (κ1) is 13.3. The fraction of sp³-hybridized carbons (Fsp3) is 0. The van der Waals surface area contributed by atoms with Gasteiger partial charge in [0.1, 0.15) is 6.33 Å². The number of aromatic nitrogens is 2. The number of hydrazone groups is 1. The van der Waals surface area contributed by atoms with Crippen molar-refractivity contribution in [2.75, 3.05) is 0 Å². The van der Waals surface area contributed by atoms with Gasteiger partial charge in [-0.05, 0) is 12.1 Å². The van der Waals surface area contributed by atoms with Crippen LogP contribution < -0.4 is 5.43 Å². The number of hydrogen-bond donors (Lipinski definition) is 4. The molecule has 0 fully saturated rings. The Kier molecular flexibility index (Phi) is 3.75. The molecule has 0 aliphatic rings. The lowest BCUT2D eigenvalue weighted by atomic mass is 10.2. The van der Waals surface area contributed by atoms with Gasteiger partial charge in [0, 0.05) is 23.5 Å². The number of amides is 1. The molecule has 8 heteroatoms. The Morgan fingerprint density at radius 3 is 2.35 bits per heavy atom. The van der Waals surface area contributed by atoms with Crippen LogP contribution in [0.3, 0.4) is 0 Å². The van der Waals surface area contributed by atoms with Crippen molar-refractivity contribution in [3.63, 3.8) is 0 Å².